The molecule has 114 valence electrons. The molecule has 1 aromatic heterocycles. The molecule has 0 bridgehead atoms. The van der Waals surface area contributed by atoms with Gasteiger partial charge in [0.15, 0.2) is 0 Å². The van der Waals surface area contributed by atoms with Gasteiger partial charge in [-0.3, -0.25) is 0 Å². The Kier molecular flexibility index (Phi) is 3.05. The first kappa shape index (κ1) is 14.1. The van der Waals surface area contributed by atoms with Crippen LogP contribution in [0.3, 0.4) is 0 Å². The summed E-state index contributed by atoms with van der Waals surface area (Å²) in [5.74, 6) is 0. The van der Waals surface area contributed by atoms with E-state index in [1.165, 1.54) is 21.9 Å². The first-order chi connectivity index (χ1) is 11.0. The molecule has 0 unspecified atom stereocenters. The van der Waals surface area contributed by atoms with Crippen molar-refractivity contribution in [3.8, 4) is 11.1 Å². The lowest BCUT2D eigenvalue weighted by molar-refractivity contribution is 0.590. The smallest absolute Gasteiger partial charge is 0.143 e. The third-order valence-corrected chi connectivity index (χ3v) is 4.45. The zero-order chi connectivity index (χ0) is 16.0. The summed E-state index contributed by atoms with van der Waals surface area (Å²) in [5, 5.41) is 2.39. The van der Waals surface area contributed by atoms with Crippen LogP contribution >= 0.6 is 0 Å². The number of hydrogen-bond donors (Lipinski definition) is 0. The first-order valence-electron chi connectivity index (χ1n) is 8.05. The highest BCUT2D eigenvalue weighted by Crippen LogP contribution is 2.37. The number of rotatable bonds is 1. The fourth-order valence-electron chi connectivity index (χ4n) is 3.11. The summed E-state index contributed by atoms with van der Waals surface area (Å²) in [5.41, 5.74) is 5.73. The van der Waals surface area contributed by atoms with Gasteiger partial charge in [0, 0.05) is 16.3 Å². The van der Waals surface area contributed by atoms with Gasteiger partial charge in [0.1, 0.15) is 11.2 Å². The van der Waals surface area contributed by atoms with Crippen molar-refractivity contribution in [3.63, 3.8) is 0 Å². The van der Waals surface area contributed by atoms with E-state index in [1.54, 1.807) is 0 Å². The molecule has 0 aliphatic heterocycles. The summed E-state index contributed by atoms with van der Waals surface area (Å²) in [6, 6.07) is 23.4. The molecular weight excluding hydrogens is 280 g/mol. The molecule has 1 heterocycles. The van der Waals surface area contributed by atoms with E-state index in [1.807, 2.05) is 6.07 Å². The quantitative estimate of drug-likeness (QED) is 0.388. The molecule has 0 saturated carbocycles. The van der Waals surface area contributed by atoms with Crippen LogP contribution in [0.4, 0.5) is 0 Å². The number of hydrogen-bond acceptors (Lipinski definition) is 1. The van der Waals surface area contributed by atoms with Crippen LogP contribution in [0.1, 0.15) is 26.3 Å². The standard InChI is InChI=1S/C22H20O/c1-22(2,3)16-12-13-20-19(14-16)18-11-7-10-17(21(18)23-20)15-8-5-4-6-9-15/h4-14H,1-3H3. The fourth-order valence-corrected chi connectivity index (χ4v) is 3.11. The van der Waals surface area contributed by atoms with Crippen LogP contribution in [0, 0.1) is 0 Å². The summed E-state index contributed by atoms with van der Waals surface area (Å²) < 4.78 is 6.21. The van der Waals surface area contributed by atoms with Crippen LogP contribution < -0.4 is 0 Å². The summed E-state index contributed by atoms with van der Waals surface area (Å²) in [4.78, 5) is 0. The highest BCUT2D eigenvalue weighted by molar-refractivity contribution is 6.09. The molecule has 4 aromatic rings. The number of benzene rings is 3. The Morgan fingerprint density at radius 3 is 2.26 bits per heavy atom. The zero-order valence-corrected chi connectivity index (χ0v) is 13.8. The van der Waals surface area contributed by atoms with Crippen LogP contribution in [-0.4, -0.2) is 0 Å². The van der Waals surface area contributed by atoms with Crippen molar-refractivity contribution < 1.29 is 4.42 Å². The van der Waals surface area contributed by atoms with Gasteiger partial charge >= 0.3 is 0 Å². The molecule has 1 heteroatoms. The largest absolute Gasteiger partial charge is 0.455 e. The molecule has 0 saturated heterocycles. The molecule has 0 amide bonds. The molecule has 0 N–H and O–H groups in total. The van der Waals surface area contributed by atoms with Crippen molar-refractivity contribution in [2.24, 2.45) is 0 Å². The second-order valence-corrected chi connectivity index (χ2v) is 7.11. The van der Waals surface area contributed by atoms with Gasteiger partial charge in [-0.05, 0) is 28.7 Å². The predicted octanol–water partition coefficient (Wildman–Crippen LogP) is 6.55. The van der Waals surface area contributed by atoms with Crippen LogP contribution in [0.15, 0.2) is 71.1 Å². The first-order valence-corrected chi connectivity index (χ1v) is 8.05. The maximum atomic E-state index is 6.21. The topological polar surface area (TPSA) is 13.1 Å². The lowest BCUT2D eigenvalue weighted by atomic mass is 9.86. The van der Waals surface area contributed by atoms with E-state index >= 15 is 0 Å². The highest BCUT2D eigenvalue weighted by Gasteiger charge is 2.17. The molecule has 23 heavy (non-hydrogen) atoms. The van der Waals surface area contributed by atoms with Crippen LogP contribution in [0.2, 0.25) is 0 Å². The minimum atomic E-state index is 0.134. The van der Waals surface area contributed by atoms with Gasteiger partial charge in [0.2, 0.25) is 0 Å². The minimum absolute atomic E-state index is 0.134. The van der Waals surface area contributed by atoms with Crippen LogP contribution in [-0.2, 0) is 5.41 Å². The molecule has 0 spiro atoms. The molecule has 0 fully saturated rings. The summed E-state index contributed by atoms with van der Waals surface area (Å²) in [6.07, 6.45) is 0. The van der Waals surface area contributed by atoms with Gasteiger partial charge < -0.3 is 4.42 Å². The van der Waals surface area contributed by atoms with E-state index in [0.717, 1.165) is 16.7 Å². The highest BCUT2D eigenvalue weighted by atomic mass is 16.3. The summed E-state index contributed by atoms with van der Waals surface area (Å²) >= 11 is 0. The van der Waals surface area contributed by atoms with Gasteiger partial charge in [-0.15, -0.1) is 0 Å². The Balaban J connectivity index is 2.03. The lowest BCUT2D eigenvalue weighted by Crippen LogP contribution is -2.10. The fraction of sp³-hybridized carbons (Fsp3) is 0.182. The normalized spacial score (nSPS) is 12.1. The molecule has 1 nitrogen and oxygen atoms in total. The average molecular weight is 300 g/mol. The lowest BCUT2D eigenvalue weighted by Gasteiger charge is -2.18. The second-order valence-electron chi connectivity index (χ2n) is 7.11. The maximum Gasteiger partial charge on any atom is 0.143 e. The number of fused-ring (bicyclic) bond motifs is 3. The Morgan fingerprint density at radius 1 is 0.739 bits per heavy atom. The zero-order valence-electron chi connectivity index (χ0n) is 13.8. The van der Waals surface area contributed by atoms with Crippen molar-refractivity contribution in [1.29, 1.82) is 0 Å². The third-order valence-electron chi connectivity index (χ3n) is 4.45. The van der Waals surface area contributed by atoms with E-state index in [0.29, 0.717) is 0 Å². The monoisotopic (exact) mass is 300 g/mol. The number of furan rings is 1. The van der Waals surface area contributed by atoms with E-state index in [9.17, 15) is 0 Å². The molecule has 0 radical (unpaired) electrons. The van der Waals surface area contributed by atoms with E-state index in [4.69, 9.17) is 4.42 Å². The molecule has 3 aromatic carbocycles. The molecule has 0 atom stereocenters. The van der Waals surface area contributed by atoms with Crippen molar-refractivity contribution in [1.82, 2.24) is 0 Å². The minimum Gasteiger partial charge on any atom is -0.455 e. The molecule has 4 rings (SSSR count). The Hall–Kier alpha value is -2.54. The van der Waals surface area contributed by atoms with E-state index < -0.39 is 0 Å². The maximum absolute atomic E-state index is 6.21. The van der Waals surface area contributed by atoms with Crippen LogP contribution in [0.5, 0.6) is 0 Å². The van der Waals surface area contributed by atoms with Gasteiger partial charge in [-0.2, -0.15) is 0 Å². The Labute approximate surface area is 136 Å². The molecule has 0 aliphatic carbocycles. The SMILES string of the molecule is CC(C)(C)c1ccc2oc3c(-c4ccccc4)cccc3c2c1. The van der Waals surface area contributed by atoms with Gasteiger partial charge in [-0.25, -0.2) is 0 Å². The third kappa shape index (κ3) is 2.33. The summed E-state index contributed by atoms with van der Waals surface area (Å²) in [6.45, 7) is 6.73. The molecular formula is C22H20O. The Bertz CT molecular complexity index is 985. The summed E-state index contributed by atoms with van der Waals surface area (Å²) in [7, 11) is 0. The van der Waals surface area contributed by atoms with Crippen LogP contribution in [0.25, 0.3) is 33.1 Å². The van der Waals surface area contributed by atoms with Crippen molar-refractivity contribution in [2.45, 2.75) is 26.2 Å². The van der Waals surface area contributed by atoms with Crippen molar-refractivity contribution >= 4 is 21.9 Å². The second kappa shape index (κ2) is 4.99. The predicted molar refractivity (Wildman–Crippen MR) is 97.9 cm³/mol. The molecule has 0 aliphatic rings. The van der Waals surface area contributed by atoms with Gasteiger partial charge in [0.05, 0.1) is 0 Å². The average Bonchev–Trinajstić information content (AvgIpc) is 2.92. The van der Waals surface area contributed by atoms with Crippen molar-refractivity contribution in [2.75, 3.05) is 0 Å². The van der Waals surface area contributed by atoms with Gasteiger partial charge in [-0.1, -0.05) is 75.4 Å². The van der Waals surface area contributed by atoms with E-state index in [2.05, 4.69) is 81.4 Å². The van der Waals surface area contributed by atoms with Gasteiger partial charge in [0.25, 0.3) is 0 Å². The van der Waals surface area contributed by atoms with E-state index in [-0.39, 0.29) is 5.41 Å². The Morgan fingerprint density at radius 2 is 1.52 bits per heavy atom. The number of para-hydroxylation sites is 1. The van der Waals surface area contributed by atoms with Crippen molar-refractivity contribution in [3.05, 3.63) is 72.3 Å².